The van der Waals surface area contributed by atoms with E-state index < -0.39 is 8.07 Å². The van der Waals surface area contributed by atoms with E-state index in [0.717, 1.165) is 0 Å². The minimum Gasteiger partial charge on any atom is -0.149 e. The number of thiophene rings is 1. The Morgan fingerprint density at radius 2 is 1.93 bits per heavy atom. The van der Waals surface area contributed by atoms with E-state index in [2.05, 4.69) is 38.0 Å². The minimum atomic E-state index is -1.08. The molecule has 0 atom stereocenters. The second-order valence-corrected chi connectivity index (χ2v) is 11.0. The van der Waals surface area contributed by atoms with Crippen molar-refractivity contribution in [3.8, 4) is 0 Å². The third-order valence-corrected chi connectivity index (χ3v) is 5.81. The smallest absolute Gasteiger partial charge is 0.0790 e. The molecule has 80 valence electrons. The van der Waals surface area contributed by atoms with Crippen molar-refractivity contribution in [3.63, 3.8) is 0 Å². The summed E-state index contributed by atoms with van der Waals surface area (Å²) in [6, 6.07) is 2.36. The van der Waals surface area contributed by atoms with Crippen molar-refractivity contribution in [1.29, 1.82) is 0 Å². The van der Waals surface area contributed by atoms with Gasteiger partial charge in [0.15, 0.2) is 0 Å². The molecule has 0 N–H and O–H groups in total. The van der Waals surface area contributed by atoms with Crippen molar-refractivity contribution in [1.82, 2.24) is 0 Å². The highest BCUT2D eigenvalue weighted by atomic mass is 32.1. The van der Waals surface area contributed by atoms with E-state index in [4.69, 9.17) is 0 Å². The van der Waals surface area contributed by atoms with E-state index in [1.54, 1.807) is 10.1 Å². The van der Waals surface area contributed by atoms with Crippen LogP contribution >= 0.6 is 11.3 Å². The molecular formula is C12H22SSi. The van der Waals surface area contributed by atoms with Crippen molar-refractivity contribution in [2.24, 2.45) is 0 Å². The molecule has 0 saturated heterocycles. The standard InChI is InChI=1S/C12H22SSi/c1-5-6-7-8-11-12(9-10-13-11)14(2,3)4/h9-10H,5-8H2,1-4H3. The summed E-state index contributed by atoms with van der Waals surface area (Å²) in [5.74, 6) is 0. The Balaban J connectivity index is 2.63. The van der Waals surface area contributed by atoms with Crippen molar-refractivity contribution < 1.29 is 0 Å². The number of aryl methyl sites for hydroxylation is 1. The van der Waals surface area contributed by atoms with Crippen molar-refractivity contribution >= 4 is 24.6 Å². The molecule has 0 aromatic carbocycles. The quantitative estimate of drug-likeness (QED) is 0.525. The molecule has 0 aliphatic rings. The summed E-state index contributed by atoms with van der Waals surface area (Å²) in [5.41, 5.74) is 0. The van der Waals surface area contributed by atoms with Gasteiger partial charge in [0, 0.05) is 4.88 Å². The largest absolute Gasteiger partial charge is 0.149 e. The monoisotopic (exact) mass is 226 g/mol. The van der Waals surface area contributed by atoms with Gasteiger partial charge in [-0.25, -0.2) is 0 Å². The van der Waals surface area contributed by atoms with Gasteiger partial charge in [-0.05, 0) is 23.4 Å². The van der Waals surface area contributed by atoms with Crippen LogP contribution in [-0.4, -0.2) is 8.07 Å². The van der Waals surface area contributed by atoms with Gasteiger partial charge in [0.1, 0.15) is 0 Å². The Hall–Kier alpha value is -0.0831. The normalized spacial score (nSPS) is 12.0. The van der Waals surface area contributed by atoms with Crippen molar-refractivity contribution in [2.45, 2.75) is 52.2 Å². The lowest BCUT2D eigenvalue weighted by Crippen LogP contribution is -2.38. The summed E-state index contributed by atoms with van der Waals surface area (Å²) < 4.78 is 0. The zero-order valence-corrected chi connectivity index (χ0v) is 11.7. The molecule has 0 unspecified atom stereocenters. The van der Waals surface area contributed by atoms with E-state index in [-0.39, 0.29) is 0 Å². The van der Waals surface area contributed by atoms with Crippen LogP contribution in [0.2, 0.25) is 19.6 Å². The van der Waals surface area contributed by atoms with Crippen LogP contribution in [0.25, 0.3) is 0 Å². The number of hydrogen-bond donors (Lipinski definition) is 0. The first-order valence-electron chi connectivity index (χ1n) is 5.62. The first-order chi connectivity index (χ1) is 6.55. The third-order valence-electron chi connectivity index (χ3n) is 2.56. The van der Waals surface area contributed by atoms with Crippen LogP contribution in [0, 0.1) is 0 Å². The minimum absolute atomic E-state index is 1.08. The molecule has 0 fully saturated rings. The molecule has 1 rings (SSSR count). The Kier molecular flexibility index (Phi) is 4.39. The molecule has 0 radical (unpaired) electrons. The molecule has 0 amide bonds. The van der Waals surface area contributed by atoms with Crippen molar-refractivity contribution in [2.75, 3.05) is 0 Å². The van der Waals surface area contributed by atoms with Gasteiger partial charge in [0.2, 0.25) is 0 Å². The maximum Gasteiger partial charge on any atom is 0.0790 e. The second-order valence-electron chi connectivity index (χ2n) is 4.96. The summed E-state index contributed by atoms with van der Waals surface area (Å²) in [6.07, 6.45) is 5.39. The van der Waals surface area contributed by atoms with Gasteiger partial charge in [-0.1, -0.05) is 45.5 Å². The van der Waals surface area contributed by atoms with Crippen LogP contribution in [0.15, 0.2) is 11.4 Å². The summed E-state index contributed by atoms with van der Waals surface area (Å²) >= 11 is 1.96. The molecule has 0 aliphatic heterocycles. The summed E-state index contributed by atoms with van der Waals surface area (Å²) in [6.45, 7) is 9.60. The highest BCUT2D eigenvalue weighted by Crippen LogP contribution is 2.16. The first-order valence-corrected chi connectivity index (χ1v) is 10.0. The molecular weight excluding hydrogens is 204 g/mol. The fourth-order valence-electron chi connectivity index (χ4n) is 1.74. The van der Waals surface area contributed by atoms with E-state index in [0.29, 0.717) is 0 Å². The first kappa shape index (κ1) is 12.0. The molecule has 1 heterocycles. The molecule has 2 heteroatoms. The lowest BCUT2D eigenvalue weighted by Gasteiger charge is -2.17. The Morgan fingerprint density at radius 3 is 2.50 bits per heavy atom. The Labute approximate surface area is 93.4 Å². The Bertz CT molecular complexity index is 270. The molecule has 0 bridgehead atoms. The van der Waals surface area contributed by atoms with E-state index in [1.165, 1.54) is 25.7 Å². The summed E-state index contributed by atoms with van der Waals surface area (Å²) in [4.78, 5) is 1.66. The SMILES string of the molecule is CCCCCc1sccc1[Si](C)(C)C. The van der Waals surface area contributed by atoms with Gasteiger partial charge in [-0.2, -0.15) is 0 Å². The predicted molar refractivity (Wildman–Crippen MR) is 70.5 cm³/mol. The van der Waals surface area contributed by atoms with Gasteiger partial charge in [-0.3, -0.25) is 0 Å². The fraction of sp³-hybridized carbons (Fsp3) is 0.667. The molecule has 0 aliphatic carbocycles. The molecule has 0 nitrogen and oxygen atoms in total. The molecule has 14 heavy (non-hydrogen) atoms. The zero-order valence-electron chi connectivity index (χ0n) is 9.89. The number of unbranched alkanes of at least 4 members (excludes halogenated alkanes) is 2. The van der Waals surface area contributed by atoms with Gasteiger partial charge in [-0.15, -0.1) is 11.3 Å². The van der Waals surface area contributed by atoms with Crippen LogP contribution in [0.4, 0.5) is 0 Å². The molecule has 1 aromatic heterocycles. The second kappa shape index (κ2) is 5.13. The lowest BCUT2D eigenvalue weighted by molar-refractivity contribution is 0.724. The average Bonchev–Trinajstić information content (AvgIpc) is 2.52. The summed E-state index contributed by atoms with van der Waals surface area (Å²) in [7, 11) is -1.08. The van der Waals surface area contributed by atoms with Crippen LogP contribution in [0.3, 0.4) is 0 Å². The van der Waals surface area contributed by atoms with Crippen LogP contribution < -0.4 is 5.19 Å². The maximum atomic E-state index is 2.44. The van der Waals surface area contributed by atoms with Crippen molar-refractivity contribution in [3.05, 3.63) is 16.3 Å². The van der Waals surface area contributed by atoms with Gasteiger partial charge in [0.05, 0.1) is 8.07 Å². The molecule has 0 saturated carbocycles. The third kappa shape index (κ3) is 3.25. The maximum absolute atomic E-state index is 2.44. The zero-order chi connectivity index (χ0) is 10.6. The topological polar surface area (TPSA) is 0 Å². The van der Waals surface area contributed by atoms with Crippen LogP contribution in [0.1, 0.15) is 31.1 Å². The van der Waals surface area contributed by atoms with Crippen LogP contribution in [-0.2, 0) is 6.42 Å². The number of hydrogen-bond acceptors (Lipinski definition) is 1. The predicted octanol–water partition coefficient (Wildman–Crippen LogP) is 4.03. The van der Waals surface area contributed by atoms with E-state index in [1.807, 2.05) is 11.3 Å². The van der Waals surface area contributed by atoms with Gasteiger partial charge >= 0.3 is 0 Å². The summed E-state index contributed by atoms with van der Waals surface area (Å²) in [5, 5.41) is 3.97. The van der Waals surface area contributed by atoms with Gasteiger partial charge < -0.3 is 0 Å². The highest BCUT2D eigenvalue weighted by Gasteiger charge is 2.20. The lowest BCUT2D eigenvalue weighted by atomic mass is 10.2. The number of rotatable bonds is 5. The highest BCUT2D eigenvalue weighted by molar-refractivity contribution is 7.12. The van der Waals surface area contributed by atoms with E-state index >= 15 is 0 Å². The fourth-order valence-corrected chi connectivity index (χ4v) is 5.32. The molecule has 1 aromatic rings. The average molecular weight is 226 g/mol. The van der Waals surface area contributed by atoms with Gasteiger partial charge in [0.25, 0.3) is 0 Å². The van der Waals surface area contributed by atoms with E-state index in [9.17, 15) is 0 Å². The van der Waals surface area contributed by atoms with Crippen LogP contribution in [0.5, 0.6) is 0 Å². The molecule has 0 spiro atoms. The Morgan fingerprint density at radius 1 is 1.21 bits per heavy atom.